The Bertz CT molecular complexity index is 978. The summed E-state index contributed by atoms with van der Waals surface area (Å²) in [4.78, 5) is 0. The van der Waals surface area contributed by atoms with E-state index in [9.17, 15) is 5.11 Å². The maximum absolute atomic E-state index is 10.5. The van der Waals surface area contributed by atoms with Gasteiger partial charge >= 0.3 is 0 Å². The second kappa shape index (κ2) is 8.84. The van der Waals surface area contributed by atoms with Crippen molar-refractivity contribution in [2.24, 2.45) is 18.9 Å². The molecule has 1 aliphatic heterocycles. The van der Waals surface area contributed by atoms with Gasteiger partial charge in [-0.15, -0.1) is 0 Å². The fourth-order valence-corrected chi connectivity index (χ4v) is 4.13. The lowest BCUT2D eigenvalue weighted by Crippen LogP contribution is -2.44. The zero-order chi connectivity index (χ0) is 22.1. The fraction of sp³-hybridized carbons (Fsp3) is 0.435. The van der Waals surface area contributed by atoms with Gasteiger partial charge in [-0.3, -0.25) is 9.69 Å². The minimum absolute atomic E-state index is 0.114. The Morgan fingerprint density at radius 2 is 1.97 bits per heavy atom. The monoisotopic (exact) mass is 424 g/mol. The molecule has 0 bridgehead atoms. The number of aliphatic hydroxyl groups is 1. The van der Waals surface area contributed by atoms with Gasteiger partial charge in [-0.2, -0.15) is 21.2 Å². The molecule has 3 N–H and O–H groups in total. The van der Waals surface area contributed by atoms with E-state index in [1.165, 1.54) is 0 Å². The zero-order valence-corrected chi connectivity index (χ0v) is 18.8. The van der Waals surface area contributed by atoms with E-state index in [4.69, 9.17) is 4.74 Å². The predicted molar refractivity (Wildman–Crippen MR) is 120 cm³/mol. The topological polar surface area (TPSA) is 77.8 Å². The van der Waals surface area contributed by atoms with Crippen LogP contribution in [0.4, 0.5) is 0 Å². The number of benzene rings is 1. The number of ether oxygens (including phenoxy) is 1. The summed E-state index contributed by atoms with van der Waals surface area (Å²) >= 11 is 0. The van der Waals surface area contributed by atoms with Gasteiger partial charge in [0.25, 0.3) is 0 Å². The molecule has 4 rings (SSSR count). The number of aromatic nitrogens is 2. The van der Waals surface area contributed by atoms with Crippen molar-refractivity contribution >= 4 is 0 Å². The molecule has 1 aliphatic carbocycles. The summed E-state index contributed by atoms with van der Waals surface area (Å²) in [6.45, 7) is 6.81. The highest BCUT2D eigenvalue weighted by molar-refractivity contribution is 5.62. The molecule has 0 saturated carbocycles. The van der Waals surface area contributed by atoms with Gasteiger partial charge in [0, 0.05) is 37.0 Å². The molecule has 3 unspecified atom stereocenters. The number of hydrazine groups is 3. The van der Waals surface area contributed by atoms with E-state index in [1.807, 2.05) is 30.8 Å². The Labute approximate surface area is 183 Å². The smallest absolute Gasteiger partial charge is 0.214 e. The number of hydrogen-bond donors (Lipinski definition) is 3. The van der Waals surface area contributed by atoms with Crippen molar-refractivity contribution in [3.63, 3.8) is 0 Å². The second-order valence-corrected chi connectivity index (χ2v) is 8.29. The maximum Gasteiger partial charge on any atom is 0.214 e. The summed E-state index contributed by atoms with van der Waals surface area (Å²) in [6, 6.07) is 8.29. The van der Waals surface area contributed by atoms with Crippen LogP contribution in [0, 0.1) is 25.7 Å². The largest absolute Gasteiger partial charge is 0.493 e. The third-order valence-corrected chi connectivity index (χ3v) is 6.20. The molecule has 166 valence electrons. The molecule has 2 aliphatic rings. The van der Waals surface area contributed by atoms with Crippen LogP contribution < -0.4 is 15.8 Å². The molecule has 2 heterocycles. The van der Waals surface area contributed by atoms with E-state index in [1.54, 1.807) is 17.1 Å². The van der Waals surface area contributed by atoms with Crippen LogP contribution in [-0.2, 0) is 7.05 Å². The van der Waals surface area contributed by atoms with Crippen LogP contribution in [0.5, 0.6) is 5.75 Å². The molecule has 1 aromatic carbocycles. The summed E-state index contributed by atoms with van der Waals surface area (Å²) in [5, 5.41) is 18.4. The molecular weight excluding hydrogens is 392 g/mol. The van der Waals surface area contributed by atoms with E-state index in [0.29, 0.717) is 12.5 Å². The van der Waals surface area contributed by atoms with Gasteiger partial charge in [-0.05, 0) is 62.1 Å². The maximum atomic E-state index is 10.5. The van der Waals surface area contributed by atoms with Crippen molar-refractivity contribution in [1.29, 1.82) is 0 Å². The highest BCUT2D eigenvalue weighted by Crippen LogP contribution is 2.33. The first-order valence-electron chi connectivity index (χ1n) is 10.7. The number of aliphatic hydroxyl groups excluding tert-OH is 1. The first-order valence-corrected chi connectivity index (χ1v) is 10.7. The fourth-order valence-electron chi connectivity index (χ4n) is 4.13. The van der Waals surface area contributed by atoms with Crippen molar-refractivity contribution in [2.75, 3.05) is 13.7 Å². The molecule has 8 heteroatoms. The lowest BCUT2D eigenvalue weighted by atomic mass is 9.84. The third-order valence-electron chi connectivity index (χ3n) is 6.20. The number of rotatable bonds is 6. The number of aryl methyl sites for hydroxylation is 3. The van der Waals surface area contributed by atoms with Crippen molar-refractivity contribution in [3.05, 3.63) is 59.4 Å². The van der Waals surface area contributed by atoms with Crippen molar-refractivity contribution in [3.8, 4) is 17.0 Å². The van der Waals surface area contributed by atoms with Crippen molar-refractivity contribution in [2.45, 2.75) is 33.5 Å². The lowest BCUT2D eigenvalue weighted by molar-refractivity contribution is -0.0525. The lowest BCUT2D eigenvalue weighted by Gasteiger charge is -2.35. The van der Waals surface area contributed by atoms with Gasteiger partial charge in [0.2, 0.25) is 6.35 Å². The molecular formula is C23H32N6O2. The summed E-state index contributed by atoms with van der Waals surface area (Å²) < 4.78 is 8.20. The second-order valence-electron chi connectivity index (χ2n) is 8.29. The van der Waals surface area contributed by atoms with Crippen LogP contribution >= 0.6 is 0 Å². The van der Waals surface area contributed by atoms with Crippen molar-refractivity contribution in [1.82, 2.24) is 30.9 Å². The Morgan fingerprint density at radius 3 is 2.58 bits per heavy atom. The standard InChI is InChI=1S/C23H32N6O2/c1-6-17-8-7-9-21(29-23(30)28(5)25-26-29)19(17)14-31-22-11-10-18(12-15(22)2)20-13-16(3)27(4)24-20/h7-13,17,19,23,25-26,30H,6,14H2,1-5H3. The number of nitrogens with zero attached hydrogens (tertiary/aromatic N) is 4. The number of hydrogen-bond acceptors (Lipinski definition) is 7. The molecule has 31 heavy (non-hydrogen) atoms. The average molecular weight is 425 g/mol. The molecule has 2 aromatic rings. The quantitative estimate of drug-likeness (QED) is 0.658. The van der Waals surface area contributed by atoms with Gasteiger partial charge in [0.15, 0.2) is 0 Å². The number of nitrogens with one attached hydrogen (secondary N) is 2. The Morgan fingerprint density at radius 1 is 1.16 bits per heavy atom. The first-order chi connectivity index (χ1) is 14.9. The van der Waals surface area contributed by atoms with E-state index in [2.05, 4.69) is 60.4 Å². The predicted octanol–water partition coefficient (Wildman–Crippen LogP) is 2.63. The Kier molecular flexibility index (Phi) is 6.15. The SMILES string of the molecule is CCC1C=CC=C(N2NNN(C)C2O)C1COc1ccc(-c2cc(C)n(C)n2)cc1C. The van der Waals surface area contributed by atoms with Crippen LogP contribution in [0.3, 0.4) is 0 Å². The van der Waals surface area contributed by atoms with Crippen LogP contribution in [0.15, 0.2) is 48.2 Å². The molecule has 1 saturated heterocycles. The Balaban J connectivity index is 1.51. The van der Waals surface area contributed by atoms with Crippen LogP contribution in [-0.4, -0.2) is 44.9 Å². The van der Waals surface area contributed by atoms with Crippen LogP contribution in [0.25, 0.3) is 11.3 Å². The molecule has 3 atom stereocenters. The molecule has 0 spiro atoms. The third kappa shape index (κ3) is 4.24. The first kappa shape index (κ1) is 21.6. The minimum Gasteiger partial charge on any atom is -0.493 e. The zero-order valence-electron chi connectivity index (χ0n) is 18.8. The molecule has 0 radical (unpaired) electrons. The van der Waals surface area contributed by atoms with E-state index in [-0.39, 0.29) is 5.92 Å². The van der Waals surface area contributed by atoms with Crippen molar-refractivity contribution < 1.29 is 9.84 Å². The summed E-state index contributed by atoms with van der Waals surface area (Å²) in [5.41, 5.74) is 11.2. The van der Waals surface area contributed by atoms with Gasteiger partial charge in [0.1, 0.15) is 5.75 Å². The minimum atomic E-state index is -0.791. The van der Waals surface area contributed by atoms with Gasteiger partial charge in [-0.1, -0.05) is 19.1 Å². The normalized spacial score (nSPS) is 24.0. The highest BCUT2D eigenvalue weighted by Gasteiger charge is 2.36. The van der Waals surface area contributed by atoms with Gasteiger partial charge in [0.05, 0.1) is 12.3 Å². The molecule has 8 nitrogen and oxygen atoms in total. The molecule has 0 amide bonds. The summed E-state index contributed by atoms with van der Waals surface area (Å²) in [6.07, 6.45) is 6.52. The number of allylic oxidation sites excluding steroid dienone is 3. The highest BCUT2D eigenvalue weighted by atomic mass is 16.5. The Hall–Kier alpha value is -2.65. The average Bonchev–Trinajstić information content (AvgIpc) is 3.28. The van der Waals surface area contributed by atoms with E-state index >= 15 is 0 Å². The van der Waals surface area contributed by atoms with Gasteiger partial charge < -0.3 is 9.84 Å². The van der Waals surface area contributed by atoms with E-state index in [0.717, 1.165) is 40.4 Å². The van der Waals surface area contributed by atoms with Crippen LogP contribution in [0.1, 0.15) is 24.6 Å². The molecule has 1 fully saturated rings. The summed E-state index contributed by atoms with van der Waals surface area (Å²) in [5.74, 6) is 1.31. The summed E-state index contributed by atoms with van der Waals surface area (Å²) in [7, 11) is 3.74. The van der Waals surface area contributed by atoms with E-state index < -0.39 is 6.35 Å². The molecule has 1 aromatic heterocycles. The van der Waals surface area contributed by atoms with Crippen LogP contribution in [0.2, 0.25) is 0 Å². The van der Waals surface area contributed by atoms with Gasteiger partial charge in [-0.25, -0.2) is 0 Å².